The van der Waals surface area contributed by atoms with Gasteiger partial charge >= 0.3 is 0 Å². The first-order chi connectivity index (χ1) is 12.8. The molecule has 1 fully saturated rings. The van der Waals surface area contributed by atoms with E-state index in [1.165, 1.54) is 0 Å². The molecule has 1 aliphatic rings. The van der Waals surface area contributed by atoms with E-state index in [-0.39, 0.29) is 6.10 Å². The van der Waals surface area contributed by atoms with Crippen LogP contribution in [-0.4, -0.2) is 12.1 Å². The molecule has 3 aromatic rings. The Labute approximate surface area is 154 Å². The van der Waals surface area contributed by atoms with Gasteiger partial charge in [0.1, 0.15) is 11.5 Å². The van der Waals surface area contributed by atoms with Crippen molar-refractivity contribution in [1.29, 1.82) is 0 Å². The van der Waals surface area contributed by atoms with Crippen LogP contribution >= 0.6 is 0 Å². The highest BCUT2D eigenvalue weighted by Crippen LogP contribution is 2.32. The standard InChI is InChI=1S/C23H23NO2/c24-19-13-22(14-19)25-16-18-11-12-21(26-20-9-5-2-6-10-20)15-23(18)17-7-3-1-4-8-17/h1-12,15,19,22H,13-14,16,24H2/t19-,22+. The molecule has 0 radical (unpaired) electrons. The van der Waals surface area contributed by atoms with E-state index in [9.17, 15) is 0 Å². The lowest BCUT2D eigenvalue weighted by Crippen LogP contribution is -2.41. The van der Waals surface area contributed by atoms with Gasteiger partial charge in [-0.1, -0.05) is 54.6 Å². The smallest absolute Gasteiger partial charge is 0.128 e. The van der Waals surface area contributed by atoms with E-state index in [2.05, 4.69) is 36.4 Å². The zero-order chi connectivity index (χ0) is 17.8. The molecule has 3 heteroatoms. The summed E-state index contributed by atoms with van der Waals surface area (Å²) >= 11 is 0. The molecule has 1 saturated carbocycles. The predicted octanol–water partition coefficient (Wildman–Crippen LogP) is 5.15. The molecule has 0 unspecified atom stereocenters. The first-order valence-electron chi connectivity index (χ1n) is 9.06. The number of nitrogens with two attached hydrogens (primary N) is 1. The van der Waals surface area contributed by atoms with Gasteiger partial charge < -0.3 is 15.2 Å². The quantitative estimate of drug-likeness (QED) is 0.672. The Bertz CT molecular complexity index is 843. The first-order valence-corrected chi connectivity index (χ1v) is 9.06. The Kier molecular flexibility index (Phi) is 5.00. The molecule has 0 aliphatic heterocycles. The van der Waals surface area contributed by atoms with Crippen molar-refractivity contribution in [3.8, 4) is 22.6 Å². The molecule has 132 valence electrons. The van der Waals surface area contributed by atoms with Gasteiger partial charge in [0.05, 0.1) is 12.7 Å². The largest absolute Gasteiger partial charge is 0.457 e. The van der Waals surface area contributed by atoms with Crippen LogP contribution in [0.4, 0.5) is 0 Å². The van der Waals surface area contributed by atoms with Crippen LogP contribution in [0.1, 0.15) is 18.4 Å². The minimum absolute atomic E-state index is 0.286. The van der Waals surface area contributed by atoms with E-state index >= 15 is 0 Å². The number of hydrogen-bond acceptors (Lipinski definition) is 3. The predicted molar refractivity (Wildman–Crippen MR) is 104 cm³/mol. The molecular weight excluding hydrogens is 322 g/mol. The average molecular weight is 345 g/mol. The van der Waals surface area contributed by atoms with Crippen molar-refractivity contribution in [2.75, 3.05) is 0 Å². The zero-order valence-corrected chi connectivity index (χ0v) is 14.7. The van der Waals surface area contributed by atoms with E-state index in [0.29, 0.717) is 12.6 Å². The fourth-order valence-electron chi connectivity index (χ4n) is 3.21. The molecule has 0 amide bonds. The third-order valence-corrected chi connectivity index (χ3v) is 4.75. The van der Waals surface area contributed by atoms with E-state index < -0.39 is 0 Å². The Morgan fingerprint density at radius 1 is 0.808 bits per heavy atom. The first kappa shape index (κ1) is 16.8. The highest BCUT2D eigenvalue weighted by atomic mass is 16.5. The van der Waals surface area contributed by atoms with Crippen molar-refractivity contribution >= 4 is 0 Å². The lowest BCUT2D eigenvalue weighted by molar-refractivity contribution is -0.0186. The molecule has 0 saturated heterocycles. The highest BCUT2D eigenvalue weighted by molar-refractivity contribution is 5.69. The summed E-state index contributed by atoms with van der Waals surface area (Å²) in [4.78, 5) is 0. The molecule has 0 bridgehead atoms. The molecule has 2 N–H and O–H groups in total. The maximum absolute atomic E-state index is 6.03. The summed E-state index contributed by atoms with van der Waals surface area (Å²) in [5.74, 6) is 1.66. The van der Waals surface area contributed by atoms with Gasteiger partial charge in [-0.05, 0) is 53.8 Å². The normalized spacial score (nSPS) is 19.0. The maximum Gasteiger partial charge on any atom is 0.128 e. The van der Waals surface area contributed by atoms with E-state index in [1.54, 1.807) is 0 Å². The minimum atomic E-state index is 0.286. The molecule has 0 spiro atoms. The molecule has 26 heavy (non-hydrogen) atoms. The lowest BCUT2D eigenvalue weighted by Gasteiger charge is -2.32. The highest BCUT2D eigenvalue weighted by Gasteiger charge is 2.26. The summed E-state index contributed by atoms with van der Waals surface area (Å²) in [5, 5.41) is 0. The SMILES string of the molecule is N[C@H]1C[C@@H](OCc2ccc(Oc3ccccc3)cc2-c2ccccc2)C1. The van der Waals surface area contributed by atoms with Crippen molar-refractivity contribution in [3.05, 3.63) is 84.4 Å². The van der Waals surface area contributed by atoms with Crippen molar-refractivity contribution in [2.24, 2.45) is 5.73 Å². The Balaban J connectivity index is 1.58. The monoisotopic (exact) mass is 345 g/mol. The van der Waals surface area contributed by atoms with Crippen LogP contribution < -0.4 is 10.5 Å². The summed E-state index contributed by atoms with van der Waals surface area (Å²) in [6.07, 6.45) is 2.19. The van der Waals surface area contributed by atoms with Gasteiger partial charge in [-0.15, -0.1) is 0 Å². The second kappa shape index (κ2) is 7.73. The van der Waals surface area contributed by atoms with Crippen LogP contribution in [0, 0.1) is 0 Å². The molecule has 4 rings (SSSR count). The summed E-state index contributed by atoms with van der Waals surface area (Å²) < 4.78 is 12.0. The van der Waals surface area contributed by atoms with Gasteiger partial charge in [-0.3, -0.25) is 0 Å². The number of hydrogen-bond donors (Lipinski definition) is 1. The Hall–Kier alpha value is -2.62. The van der Waals surface area contributed by atoms with Gasteiger partial charge in [0.25, 0.3) is 0 Å². The van der Waals surface area contributed by atoms with Crippen molar-refractivity contribution < 1.29 is 9.47 Å². The van der Waals surface area contributed by atoms with Gasteiger partial charge in [0.15, 0.2) is 0 Å². The second-order valence-corrected chi connectivity index (χ2v) is 6.76. The summed E-state index contributed by atoms with van der Waals surface area (Å²) in [5.41, 5.74) is 9.32. The topological polar surface area (TPSA) is 44.5 Å². The van der Waals surface area contributed by atoms with Gasteiger partial charge in [0, 0.05) is 6.04 Å². The summed E-state index contributed by atoms with van der Waals surface area (Å²) in [7, 11) is 0. The third kappa shape index (κ3) is 3.96. The van der Waals surface area contributed by atoms with Crippen LogP contribution in [0.25, 0.3) is 11.1 Å². The van der Waals surface area contributed by atoms with Crippen LogP contribution in [-0.2, 0) is 11.3 Å². The molecular formula is C23H23NO2. The maximum atomic E-state index is 6.03. The second-order valence-electron chi connectivity index (χ2n) is 6.76. The summed E-state index contributed by atoms with van der Waals surface area (Å²) in [6.45, 7) is 0.591. The van der Waals surface area contributed by atoms with E-state index in [1.807, 2.05) is 42.5 Å². The Morgan fingerprint density at radius 2 is 1.50 bits per heavy atom. The molecule has 3 nitrogen and oxygen atoms in total. The molecule has 0 atom stereocenters. The van der Waals surface area contributed by atoms with Gasteiger partial charge in [0.2, 0.25) is 0 Å². The lowest BCUT2D eigenvalue weighted by atomic mass is 9.90. The molecule has 0 aromatic heterocycles. The minimum Gasteiger partial charge on any atom is -0.457 e. The number of benzene rings is 3. The van der Waals surface area contributed by atoms with Gasteiger partial charge in [-0.2, -0.15) is 0 Å². The molecule has 1 aliphatic carbocycles. The average Bonchev–Trinajstić information content (AvgIpc) is 2.66. The van der Waals surface area contributed by atoms with Gasteiger partial charge in [-0.25, -0.2) is 0 Å². The van der Waals surface area contributed by atoms with Crippen molar-refractivity contribution in [3.63, 3.8) is 0 Å². The number of para-hydroxylation sites is 1. The molecule has 3 aromatic carbocycles. The van der Waals surface area contributed by atoms with E-state index in [0.717, 1.165) is 41.0 Å². The van der Waals surface area contributed by atoms with Crippen molar-refractivity contribution in [1.82, 2.24) is 0 Å². The number of rotatable bonds is 6. The summed E-state index contributed by atoms with van der Waals surface area (Å²) in [6, 6.07) is 26.7. The third-order valence-electron chi connectivity index (χ3n) is 4.75. The van der Waals surface area contributed by atoms with Crippen LogP contribution in [0.5, 0.6) is 11.5 Å². The van der Waals surface area contributed by atoms with Crippen LogP contribution in [0.3, 0.4) is 0 Å². The fourth-order valence-corrected chi connectivity index (χ4v) is 3.21. The Morgan fingerprint density at radius 3 is 2.19 bits per heavy atom. The number of ether oxygens (including phenoxy) is 2. The molecule has 0 heterocycles. The fraction of sp³-hybridized carbons (Fsp3) is 0.217. The van der Waals surface area contributed by atoms with Crippen LogP contribution in [0.15, 0.2) is 78.9 Å². The zero-order valence-electron chi connectivity index (χ0n) is 14.7. The van der Waals surface area contributed by atoms with Crippen molar-refractivity contribution in [2.45, 2.75) is 31.6 Å². The van der Waals surface area contributed by atoms with E-state index in [4.69, 9.17) is 15.2 Å². The van der Waals surface area contributed by atoms with Crippen LogP contribution in [0.2, 0.25) is 0 Å².